The summed E-state index contributed by atoms with van der Waals surface area (Å²) in [4.78, 5) is 10.3. The van der Waals surface area contributed by atoms with Crippen LogP contribution in [-0.4, -0.2) is 16.6 Å². The second-order valence-corrected chi connectivity index (χ2v) is 2.33. The second-order valence-electron chi connectivity index (χ2n) is 2.33. The van der Waals surface area contributed by atoms with Crippen molar-refractivity contribution in [1.82, 2.24) is 0 Å². The summed E-state index contributed by atoms with van der Waals surface area (Å²) < 4.78 is 0. The molecule has 0 rings (SSSR count). The maximum absolute atomic E-state index is 10.3. The SMILES string of the molecule is CC#CC[C@@](C)(N)C(=O)O. The summed E-state index contributed by atoms with van der Waals surface area (Å²) in [7, 11) is 0. The van der Waals surface area contributed by atoms with Crippen molar-refractivity contribution in [1.29, 1.82) is 0 Å². The Labute approximate surface area is 60.2 Å². The highest BCUT2D eigenvalue weighted by atomic mass is 16.4. The van der Waals surface area contributed by atoms with E-state index in [1.807, 2.05) is 0 Å². The average Bonchev–Trinajstić information content (AvgIpc) is 1.84. The first-order valence-corrected chi connectivity index (χ1v) is 2.92. The van der Waals surface area contributed by atoms with Crippen LogP contribution in [0, 0.1) is 11.8 Å². The first-order chi connectivity index (χ1) is 4.50. The van der Waals surface area contributed by atoms with Crippen molar-refractivity contribution in [2.45, 2.75) is 25.8 Å². The standard InChI is InChI=1S/C7H11NO2/c1-3-4-5-7(2,8)6(9)10/h5,8H2,1-2H3,(H,9,10)/t7-/m1/s1. The van der Waals surface area contributed by atoms with Crippen molar-refractivity contribution >= 4 is 5.97 Å². The predicted octanol–water partition coefficient (Wildman–Crippen LogP) is 0.202. The van der Waals surface area contributed by atoms with Gasteiger partial charge >= 0.3 is 5.97 Å². The Morgan fingerprint density at radius 2 is 2.30 bits per heavy atom. The van der Waals surface area contributed by atoms with Gasteiger partial charge < -0.3 is 10.8 Å². The Hall–Kier alpha value is -1.01. The molecule has 3 N–H and O–H groups in total. The molecule has 0 spiro atoms. The Morgan fingerprint density at radius 3 is 2.60 bits per heavy atom. The van der Waals surface area contributed by atoms with Gasteiger partial charge in [0, 0.05) is 6.42 Å². The number of aliphatic carboxylic acids is 1. The van der Waals surface area contributed by atoms with Gasteiger partial charge in [-0.05, 0) is 13.8 Å². The molecule has 0 bridgehead atoms. The van der Waals surface area contributed by atoms with Gasteiger partial charge in [-0.2, -0.15) is 0 Å². The fourth-order valence-electron chi connectivity index (χ4n) is 0.348. The van der Waals surface area contributed by atoms with E-state index in [-0.39, 0.29) is 6.42 Å². The van der Waals surface area contributed by atoms with E-state index in [0.29, 0.717) is 0 Å². The molecule has 3 nitrogen and oxygen atoms in total. The topological polar surface area (TPSA) is 63.3 Å². The van der Waals surface area contributed by atoms with Gasteiger partial charge in [-0.1, -0.05) is 0 Å². The molecule has 1 atom stereocenters. The van der Waals surface area contributed by atoms with Crippen molar-refractivity contribution in [2.24, 2.45) is 5.73 Å². The lowest BCUT2D eigenvalue weighted by molar-refractivity contribution is -0.142. The third kappa shape index (κ3) is 2.51. The summed E-state index contributed by atoms with van der Waals surface area (Å²) in [6, 6.07) is 0. The summed E-state index contributed by atoms with van der Waals surface area (Å²) in [6.45, 7) is 3.09. The van der Waals surface area contributed by atoms with Gasteiger partial charge in [0.15, 0.2) is 0 Å². The summed E-state index contributed by atoms with van der Waals surface area (Å²) in [6.07, 6.45) is 0.193. The lowest BCUT2D eigenvalue weighted by Gasteiger charge is -2.14. The van der Waals surface area contributed by atoms with Crippen LogP contribution in [0.4, 0.5) is 0 Å². The quantitative estimate of drug-likeness (QED) is 0.540. The molecule has 0 radical (unpaired) electrons. The zero-order valence-electron chi connectivity index (χ0n) is 6.14. The second kappa shape index (κ2) is 3.23. The van der Waals surface area contributed by atoms with E-state index in [1.54, 1.807) is 6.92 Å². The third-order valence-corrected chi connectivity index (χ3v) is 1.12. The minimum absolute atomic E-state index is 0.193. The molecule has 0 aliphatic rings. The van der Waals surface area contributed by atoms with Crippen molar-refractivity contribution in [3.63, 3.8) is 0 Å². The van der Waals surface area contributed by atoms with Crippen LogP contribution in [0.25, 0.3) is 0 Å². The first kappa shape index (κ1) is 8.99. The van der Waals surface area contributed by atoms with E-state index in [4.69, 9.17) is 10.8 Å². The normalized spacial score (nSPS) is 14.7. The minimum Gasteiger partial charge on any atom is -0.480 e. The van der Waals surface area contributed by atoms with Crippen LogP contribution in [0.3, 0.4) is 0 Å². The molecule has 0 amide bonds. The zero-order valence-corrected chi connectivity index (χ0v) is 6.14. The highest BCUT2D eigenvalue weighted by Gasteiger charge is 2.26. The highest BCUT2D eigenvalue weighted by Crippen LogP contribution is 2.03. The molecule has 0 heterocycles. The summed E-state index contributed by atoms with van der Waals surface area (Å²) in [5.74, 6) is 4.18. The molecule has 0 aromatic rings. The Kier molecular flexibility index (Phi) is 2.91. The molecule has 3 heteroatoms. The van der Waals surface area contributed by atoms with Gasteiger partial charge in [0.1, 0.15) is 5.54 Å². The number of nitrogens with two attached hydrogens (primary N) is 1. The fourth-order valence-corrected chi connectivity index (χ4v) is 0.348. The largest absolute Gasteiger partial charge is 0.480 e. The Balaban J connectivity index is 4.08. The lowest BCUT2D eigenvalue weighted by Crippen LogP contribution is -2.44. The summed E-state index contributed by atoms with van der Waals surface area (Å²) in [5.41, 5.74) is 4.14. The molecule has 10 heavy (non-hydrogen) atoms. The number of hydrogen-bond acceptors (Lipinski definition) is 2. The van der Waals surface area contributed by atoms with Crippen LogP contribution >= 0.6 is 0 Å². The number of carbonyl (C=O) groups is 1. The van der Waals surface area contributed by atoms with Crippen molar-refractivity contribution in [3.8, 4) is 11.8 Å². The molecule has 0 unspecified atom stereocenters. The van der Waals surface area contributed by atoms with Gasteiger partial charge in [0.05, 0.1) is 0 Å². The molecular formula is C7H11NO2. The highest BCUT2D eigenvalue weighted by molar-refractivity contribution is 5.78. The Bertz CT molecular complexity index is 186. The van der Waals surface area contributed by atoms with E-state index in [2.05, 4.69) is 11.8 Å². The molecule has 0 saturated carbocycles. The van der Waals surface area contributed by atoms with Crippen molar-refractivity contribution < 1.29 is 9.90 Å². The smallest absolute Gasteiger partial charge is 0.324 e. The molecular weight excluding hydrogens is 130 g/mol. The van der Waals surface area contributed by atoms with Gasteiger partial charge in [-0.3, -0.25) is 4.79 Å². The third-order valence-electron chi connectivity index (χ3n) is 1.12. The van der Waals surface area contributed by atoms with Gasteiger partial charge in [0.2, 0.25) is 0 Å². The molecule has 0 aliphatic carbocycles. The molecule has 0 aromatic heterocycles. The average molecular weight is 141 g/mol. The number of hydrogen-bond donors (Lipinski definition) is 2. The fraction of sp³-hybridized carbons (Fsp3) is 0.571. The van der Waals surface area contributed by atoms with Crippen LogP contribution in [0.1, 0.15) is 20.3 Å². The summed E-state index contributed by atoms with van der Waals surface area (Å²) >= 11 is 0. The molecule has 0 aliphatic heterocycles. The van der Waals surface area contributed by atoms with E-state index in [9.17, 15) is 4.79 Å². The van der Waals surface area contributed by atoms with E-state index >= 15 is 0 Å². The van der Waals surface area contributed by atoms with Gasteiger partial charge in [-0.25, -0.2) is 0 Å². The van der Waals surface area contributed by atoms with Crippen LogP contribution < -0.4 is 5.73 Å². The van der Waals surface area contributed by atoms with Crippen molar-refractivity contribution in [2.75, 3.05) is 0 Å². The maximum Gasteiger partial charge on any atom is 0.324 e. The lowest BCUT2D eigenvalue weighted by atomic mass is 10.0. The molecule has 56 valence electrons. The van der Waals surface area contributed by atoms with Gasteiger partial charge in [0.25, 0.3) is 0 Å². The molecule has 0 fully saturated rings. The first-order valence-electron chi connectivity index (χ1n) is 2.92. The number of carboxylic acids is 1. The maximum atomic E-state index is 10.3. The molecule has 0 aromatic carbocycles. The van der Waals surface area contributed by atoms with E-state index < -0.39 is 11.5 Å². The minimum atomic E-state index is -1.21. The molecule has 0 saturated heterocycles. The van der Waals surface area contributed by atoms with Crippen LogP contribution in [0.2, 0.25) is 0 Å². The Morgan fingerprint density at radius 1 is 1.80 bits per heavy atom. The van der Waals surface area contributed by atoms with Gasteiger partial charge in [-0.15, -0.1) is 11.8 Å². The van der Waals surface area contributed by atoms with Crippen LogP contribution in [0.15, 0.2) is 0 Å². The van der Waals surface area contributed by atoms with E-state index in [0.717, 1.165) is 0 Å². The van der Waals surface area contributed by atoms with Crippen LogP contribution in [-0.2, 0) is 4.79 Å². The van der Waals surface area contributed by atoms with E-state index in [1.165, 1.54) is 6.92 Å². The summed E-state index contributed by atoms with van der Waals surface area (Å²) in [5, 5.41) is 8.48. The zero-order chi connectivity index (χ0) is 8.20. The number of rotatable bonds is 2. The predicted molar refractivity (Wildman–Crippen MR) is 38.3 cm³/mol. The van der Waals surface area contributed by atoms with Crippen molar-refractivity contribution in [3.05, 3.63) is 0 Å². The number of carboxylic acid groups (broad SMARTS) is 1. The van der Waals surface area contributed by atoms with Crippen LogP contribution in [0.5, 0.6) is 0 Å². The monoisotopic (exact) mass is 141 g/mol.